The lowest BCUT2D eigenvalue weighted by atomic mass is 9.94. The summed E-state index contributed by atoms with van der Waals surface area (Å²) in [5.41, 5.74) is 1.10. The van der Waals surface area contributed by atoms with Crippen LogP contribution in [0.3, 0.4) is 0 Å². The van der Waals surface area contributed by atoms with Gasteiger partial charge >= 0.3 is 6.09 Å². The summed E-state index contributed by atoms with van der Waals surface area (Å²) in [4.78, 5) is 24.8. The van der Waals surface area contributed by atoms with Crippen molar-refractivity contribution in [3.63, 3.8) is 0 Å². The Morgan fingerprint density at radius 2 is 1.89 bits per heavy atom. The number of carbonyl (C=O) groups is 1. The Morgan fingerprint density at radius 1 is 1.18 bits per heavy atom. The quantitative estimate of drug-likeness (QED) is 0.582. The number of benzene rings is 2. The van der Waals surface area contributed by atoms with Gasteiger partial charge < -0.3 is 14.8 Å². The topological polar surface area (TPSA) is 93.9 Å². The van der Waals surface area contributed by atoms with Crippen molar-refractivity contribution >= 4 is 11.8 Å². The van der Waals surface area contributed by atoms with E-state index >= 15 is 0 Å². The van der Waals surface area contributed by atoms with Gasteiger partial charge in [-0.3, -0.25) is 15.0 Å². The Hall–Kier alpha value is -2.97. The lowest BCUT2D eigenvalue weighted by Gasteiger charge is -2.20. The molecular formula is C20H23N3O5. The van der Waals surface area contributed by atoms with E-state index in [1.165, 1.54) is 24.3 Å². The zero-order valence-electron chi connectivity index (χ0n) is 15.6. The van der Waals surface area contributed by atoms with Gasteiger partial charge in [-0.25, -0.2) is 4.79 Å². The minimum Gasteiger partial charge on any atom is -0.410 e. The van der Waals surface area contributed by atoms with Crippen LogP contribution < -0.4 is 10.1 Å². The van der Waals surface area contributed by atoms with E-state index in [1.54, 1.807) is 7.11 Å². The molecule has 0 aromatic heterocycles. The first-order chi connectivity index (χ1) is 13.6. The third kappa shape index (κ3) is 5.05. The number of rotatable bonds is 7. The Balaban J connectivity index is 1.65. The van der Waals surface area contributed by atoms with Gasteiger partial charge in [0, 0.05) is 44.8 Å². The van der Waals surface area contributed by atoms with Crippen molar-refractivity contribution < 1.29 is 19.2 Å². The summed E-state index contributed by atoms with van der Waals surface area (Å²) in [7, 11) is 1.67. The van der Waals surface area contributed by atoms with Crippen LogP contribution in [0.2, 0.25) is 0 Å². The van der Waals surface area contributed by atoms with E-state index in [9.17, 15) is 14.9 Å². The Morgan fingerprint density at radius 3 is 2.54 bits per heavy atom. The molecule has 2 aromatic rings. The molecule has 1 N–H and O–H groups in total. The van der Waals surface area contributed by atoms with Crippen LogP contribution >= 0.6 is 0 Å². The van der Waals surface area contributed by atoms with Gasteiger partial charge in [0.25, 0.3) is 5.69 Å². The number of nitrogens with zero attached hydrogens (tertiary/aromatic N) is 2. The number of hydrogen-bond donors (Lipinski definition) is 1. The first-order valence-corrected chi connectivity index (χ1v) is 9.06. The van der Waals surface area contributed by atoms with Gasteiger partial charge in [0.1, 0.15) is 5.75 Å². The predicted molar refractivity (Wildman–Crippen MR) is 104 cm³/mol. The molecule has 0 bridgehead atoms. The smallest absolute Gasteiger partial charge is 0.410 e. The Labute approximate surface area is 163 Å². The van der Waals surface area contributed by atoms with Crippen LogP contribution in [0.4, 0.5) is 10.5 Å². The second-order valence-electron chi connectivity index (χ2n) is 6.66. The van der Waals surface area contributed by atoms with E-state index in [-0.39, 0.29) is 23.4 Å². The van der Waals surface area contributed by atoms with E-state index in [2.05, 4.69) is 22.3 Å². The summed E-state index contributed by atoms with van der Waals surface area (Å²) >= 11 is 0. The second-order valence-corrected chi connectivity index (χ2v) is 6.66. The maximum absolute atomic E-state index is 12.4. The molecule has 0 radical (unpaired) electrons. The molecule has 2 aromatic carbocycles. The van der Waals surface area contributed by atoms with Gasteiger partial charge in [-0.1, -0.05) is 30.3 Å². The molecule has 1 aliphatic rings. The molecule has 1 fully saturated rings. The number of nitrogens with one attached hydrogen (secondary N) is 1. The molecule has 8 heteroatoms. The van der Waals surface area contributed by atoms with E-state index in [4.69, 9.17) is 9.47 Å². The zero-order chi connectivity index (χ0) is 19.9. The SMILES string of the molecule is COCCN1CC(NC(=O)Oc2ccc([N+](=O)[O-])cc2)C(c2ccccc2)C1. The van der Waals surface area contributed by atoms with Crippen molar-refractivity contribution in [1.82, 2.24) is 10.2 Å². The van der Waals surface area contributed by atoms with Gasteiger partial charge in [0.2, 0.25) is 0 Å². The first kappa shape index (κ1) is 19.8. The minimum atomic E-state index is -0.576. The maximum Gasteiger partial charge on any atom is 0.412 e. The van der Waals surface area contributed by atoms with Crippen LogP contribution in [0.15, 0.2) is 54.6 Å². The summed E-state index contributed by atoms with van der Waals surface area (Å²) in [6.45, 7) is 2.92. The van der Waals surface area contributed by atoms with Gasteiger partial charge in [-0.05, 0) is 17.7 Å². The van der Waals surface area contributed by atoms with Crippen molar-refractivity contribution in [2.45, 2.75) is 12.0 Å². The van der Waals surface area contributed by atoms with E-state index < -0.39 is 11.0 Å². The molecule has 8 nitrogen and oxygen atoms in total. The zero-order valence-corrected chi connectivity index (χ0v) is 15.6. The Kier molecular flexibility index (Phi) is 6.57. The molecule has 148 valence electrons. The Bertz CT molecular complexity index is 797. The fourth-order valence-corrected chi connectivity index (χ4v) is 3.40. The molecule has 1 aliphatic heterocycles. The second kappa shape index (κ2) is 9.29. The van der Waals surface area contributed by atoms with Crippen molar-refractivity contribution in [3.05, 3.63) is 70.3 Å². The highest BCUT2D eigenvalue weighted by Crippen LogP contribution is 2.28. The molecule has 1 amide bonds. The van der Waals surface area contributed by atoms with Gasteiger partial charge in [-0.2, -0.15) is 0 Å². The van der Waals surface area contributed by atoms with Crippen molar-refractivity contribution in [2.24, 2.45) is 0 Å². The van der Waals surface area contributed by atoms with Crippen molar-refractivity contribution in [2.75, 3.05) is 33.4 Å². The van der Waals surface area contributed by atoms with Gasteiger partial charge in [-0.15, -0.1) is 0 Å². The molecule has 1 heterocycles. The molecule has 2 unspecified atom stereocenters. The summed E-state index contributed by atoms with van der Waals surface area (Å²) < 4.78 is 10.5. The maximum atomic E-state index is 12.4. The van der Waals surface area contributed by atoms with Crippen LogP contribution in [0.5, 0.6) is 5.75 Å². The fourth-order valence-electron chi connectivity index (χ4n) is 3.40. The van der Waals surface area contributed by atoms with E-state index in [0.717, 1.165) is 18.7 Å². The summed E-state index contributed by atoms with van der Waals surface area (Å²) in [5, 5.41) is 13.7. The summed E-state index contributed by atoms with van der Waals surface area (Å²) in [5.74, 6) is 0.399. The number of nitro benzene ring substituents is 1. The first-order valence-electron chi connectivity index (χ1n) is 9.06. The van der Waals surface area contributed by atoms with E-state index in [0.29, 0.717) is 13.2 Å². The highest BCUT2D eigenvalue weighted by Gasteiger charge is 2.35. The number of methoxy groups -OCH3 is 1. The number of carbonyl (C=O) groups excluding carboxylic acids is 1. The van der Waals surface area contributed by atoms with E-state index in [1.807, 2.05) is 18.2 Å². The number of ether oxygens (including phenoxy) is 2. The molecule has 0 saturated carbocycles. The average molecular weight is 385 g/mol. The van der Waals surface area contributed by atoms with Crippen LogP contribution in [0.1, 0.15) is 11.5 Å². The van der Waals surface area contributed by atoms with Crippen LogP contribution in [-0.4, -0.2) is 55.3 Å². The fraction of sp³-hybridized carbons (Fsp3) is 0.350. The number of hydrogen-bond acceptors (Lipinski definition) is 6. The number of amides is 1. The highest BCUT2D eigenvalue weighted by atomic mass is 16.6. The molecule has 28 heavy (non-hydrogen) atoms. The van der Waals surface area contributed by atoms with Crippen LogP contribution in [-0.2, 0) is 4.74 Å². The molecule has 1 saturated heterocycles. The molecule has 2 atom stereocenters. The summed E-state index contributed by atoms with van der Waals surface area (Å²) in [6, 6.07) is 15.4. The molecule has 3 rings (SSSR count). The molecular weight excluding hydrogens is 362 g/mol. The van der Waals surface area contributed by atoms with Gasteiger partial charge in [0.15, 0.2) is 0 Å². The lowest BCUT2D eigenvalue weighted by Crippen LogP contribution is -2.41. The highest BCUT2D eigenvalue weighted by molar-refractivity contribution is 5.71. The van der Waals surface area contributed by atoms with Crippen LogP contribution in [0.25, 0.3) is 0 Å². The largest absolute Gasteiger partial charge is 0.412 e. The van der Waals surface area contributed by atoms with Crippen molar-refractivity contribution in [1.29, 1.82) is 0 Å². The average Bonchev–Trinajstić information content (AvgIpc) is 3.10. The molecule has 0 aliphatic carbocycles. The predicted octanol–water partition coefficient (Wildman–Crippen LogP) is 2.80. The number of nitro groups is 1. The monoisotopic (exact) mass is 385 g/mol. The van der Waals surface area contributed by atoms with Gasteiger partial charge in [0.05, 0.1) is 17.6 Å². The van der Waals surface area contributed by atoms with Crippen LogP contribution in [0, 0.1) is 10.1 Å². The number of likely N-dealkylation sites (tertiary alicyclic amines) is 1. The summed E-state index contributed by atoms with van der Waals surface area (Å²) in [6.07, 6.45) is -0.576. The lowest BCUT2D eigenvalue weighted by molar-refractivity contribution is -0.384. The van der Waals surface area contributed by atoms with Crippen molar-refractivity contribution in [3.8, 4) is 5.75 Å². The standard InChI is InChI=1S/C20H23N3O5/c1-27-12-11-22-13-18(15-5-3-2-4-6-15)19(14-22)21-20(24)28-17-9-7-16(8-10-17)23(25)26/h2-10,18-19H,11-14H2,1H3,(H,21,24). The normalized spacial score (nSPS) is 19.3. The molecule has 0 spiro atoms. The third-order valence-corrected chi connectivity index (χ3v) is 4.80. The number of non-ortho nitro benzene ring substituents is 1. The minimum absolute atomic E-state index is 0.0542. The third-order valence-electron chi connectivity index (χ3n) is 4.80.